The van der Waals surface area contributed by atoms with Gasteiger partial charge in [0.2, 0.25) is 11.6 Å². The molecule has 42 heavy (non-hydrogen) atoms. The molecule has 2 aliphatic heterocycles. The zero-order valence-corrected chi connectivity index (χ0v) is 28.2. The minimum atomic E-state index is -2.15. The predicted octanol–water partition coefficient (Wildman–Crippen LogP) is 5.90. The van der Waals surface area contributed by atoms with Gasteiger partial charge in [0.05, 0.1) is 28.2 Å². The number of carbonyl (C=O) groups is 2. The third kappa shape index (κ3) is 6.50. The van der Waals surface area contributed by atoms with Gasteiger partial charge in [-0.25, -0.2) is 9.78 Å². The summed E-state index contributed by atoms with van der Waals surface area (Å²) in [5.74, 6) is 0.219. The van der Waals surface area contributed by atoms with E-state index in [4.69, 9.17) is 9.26 Å². The molecular formula is C30H45N5O5SSi. The Morgan fingerprint density at radius 3 is 2.38 bits per heavy atom. The van der Waals surface area contributed by atoms with Crippen LogP contribution in [-0.4, -0.2) is 65.9 Å². The molecule has 2 amide bonds. The highest BCUT2D eigenvalue weighted by Crippen LogP contribution is 2.40. The second kappa shape index (κ2) is 11.3. The van der Waals surface area contributed by atoms with Crippen LogP contribution < -0.4 is 10.6 Å². The van der Waals surface area contributed by atoms with Crippen molar-refractivity contribution in [2.75, 3.05) is 6.54 Å². The Morgan fingerprint density at radius 1 is 1.21 bits per heavy atom. The predicted molar refractivity (Wildman–Crippen MR) is 168 cm³/mol. The van der Waals surface area contributed by atoms with Gasteiger partial charge in [-0.1, -0.05) is 71.0 Å². The molecule has 3 heterocycles. The van der Waals surface area contributed by atoms with Crippen molar-refractivity contribution in [2.45, 2.75) is 104 Å². The van der Waals surface area contributed by atoms with Crippen molar-refractivity contribution in [3.05, 3.63) is 41.0 Å². The molecule has 0 radical (unpaired) electrons. The Hall–Kier alpha value is -2.96. The van der Waals surface area contributed by atoms with E-state index in [9.17, 15) is 14.7 Å². The fraction of sp³-hybridized carbons (Fsp3) is 0.600. The van der Waals surface area contributed by atoms with E-state index in [0.717, 1.165) is 21.7 Å². The first kappa shape index (κ1) is 32.0. The Balaban J connectivity index is 1.60. The Kier molecular flexibility index (Phi) is 8.58. The summed E-state index contributed by atoms with van der Waals surface area (Å²) in [5.41, 5.74) is 3.22. The highest BCUT2D eigenvalue weighted by atomic mass is 32.1. The molecule has 0 aliphatic carbocycles. The number of aryl methyl sites for hydroxylation is 1. The van der Waals surface area contributed by atoms with Crippen molar-refractivity contribution in [2.24, 2.45) is 10.6 Å². The maximum atomic E-state index is 14.0. The topological polar surface area (TPSA) is 125 Å². The summed E-state index contributed by atoms with van der Waals surface area (Å²) in [6, 6.07) is 6.70. The Bertz CT molecular complexity index is 1350. The minimum absolute atomic E-state index is 0.00653. The van der Waals surface area contributed by atoms with Crippen LogP contribution in [-0.2, 0) is 19.8 Å². The molecule has 0 spiro atoms. The second-order valence-corrected chi connectivity index (χ2v) is 19.7. The lowest BCUT2D eigenvalue weighted by molar-refractivity contribution is -0.136. The van der Waals surface area contributed by atoms with E-state index in [0.29, 0.717) is 18.8 Å². The van der Waals surface area contributed by atoms with E-state index in [1.807, 2.05) is 64.4 Å². The SMILES string of the molecule is Cc1ncsc1-c1ccc(C2(C)NC([C@@H]3C[C@@H](O[Si](C)(C)C(C)(C)C)CN3C(=O)C(NC(=O)O)C(C)(C)C)=NO2)cc1. The maximum Gasteiger partial charge on any atom is 0.405 e. The van der Waals surface area contributed by atoms with Crippen LogP contribution in [0.2, 0.25) is 18.1 Å². The molecule has 1 aromatic heterocycles. The number of thiazole rings is 1. The summed E-state index contributed by atoms with van der Waals surface area (Å²) < 4.78 is 6.76. The number of rotatable bonds is 7. The fourth-order valence-electron chi connectivity index (χ4n) is 5.14. The minimum Gasteiger partial charge on any atom is -0.465 e. The summed E-state index contributed by atoms with van der Waals surface area (Å²) >= 11 is 1.60. The van der Waals surface area contributed by atoms with Crippen molar-refractivity contribution in [1.29, 1.82) is 0 Å². The number of amides is 2. The summed E-state index contributed by atoms with van der Waals surface area (Å²) in [4.78, 5) is 38.9. The lowest BCUT2D eigenvalue weighted by atomic mass is 9.85. The standard InChI is InChI=1S/C30H45N5O5SSi/c1-18-23(41-17-31-18)19-11-13-20(14-12-19)30(8)33-25(34-40-30)22-15-21(39-42(9,10)29(5,6)7)16-35(22)26(36)24(28(2,3)4)32-27(37)38/h11-14,17,21-22,24,32H,15-16H2,1-10H3,(H,33,34)(H,37,38)/t21-,22+,24?,30?/m1/s1. The van der Waals surface area contributed by atoms with Crippen molar-refractivity contribution < 1.29 is 24.0 Å². The van der Waals surface area contributed by atoms with Gasteiger partial charge in [0.25, 0.3) is 0 Å². The molecule has 3 N–H and O–H groups in total. The molecule has 1 aromatic carbocycles. The van der Waals surface area contributed by atoms with Crippen LogP contribution in [0.15, 0.2) is 34.9 Å². The smallest absolute Gasteiger partial charge is 0.405 e. The van der Waals surface area contributed by atoms with Crippen LogP contribution in [0.3, 0.4) is 0 Å². The first-order valence-corrected chi connectivity index (χ1v) is 18.1. The van der Waals surface area contributed by atoms with Crippen LogP contribution in [0.5, 0.6) is 0 Å². The molecule has 1 fully saturated rings. The number of oxime groups is 1. The summed E-state index contributed by atoms with van der Waals surface area (Å²) in [5, 5.41) is 19.9. The van der Waals surface area contributed by atoms with Crippen LogP contribution in [0.4, 0.5) is 4.79 Å². The van der Waals surface area contributed by atoms with Gasteiger partial charge in [-0.15, -0.1) is 11.3 Å². The van der Waals surface area contributed by atoms with Crippen molar-refractivity contribution in [1.82, 2.24) is 20.5 Å². The molecule has 0 saturated carbocycles. The fourth-order valence-corrected chi connectivity index (χ4v) is 7.30. The third-order valence-corrected chi connectivity index (χ3v) is 14.2. The zero-order valence-electron chi connectivity index (χ0n) is 26.4. The Labute approximate surface area is 254 Å². The largest absolute Gasteiger partial charge is 0.465 e. The number of hydrogen-bond donors (Lipinski definition) is 3. The van der Waals surface area contributed by atoms with E-state index < -0.39 is 37.6 Å². The molecule has 12 heteroatoms. The summed E-state index contributed by atoms with van der Waals surface area (Å²) in [7, 11) is -2.15. The molecule has 2 aliphatic rings. The van der Waals surface area contributed by atoms with Crippen LogP contribution >= 0.6 is 11.3 Å². The average molecular weight is 616 g/mol. The third-order valence-electron chi connectivity index (χ3n) is 8.65. The number of nitrogens with one attached hydrogen (secondary N) is 2. The number of likely N-dealkylation sites (tertiary alicyclic amines) is 1. The Morgan fingerprint density at radius 2 is 1.86 bits per heavy atom. The molecular weight excluding hydrogens is 571 g/mol. The second-order valence-electron chi connectivity index (χ2n) is 14.1. The van der Waals surface area contributed by atoms with Crippen molar-refractivity contribution >= 4 is 37.5 Å². The van der Waals surface area contributed by atoms with Crippen LogP contribution in [0.1, 0.15) is 66.1 Å². The normalized spacial score (nSPS) is 23.7. The summed E-state index contributed by atoms with van der Waals surface area (Å²) in [6.07, 6.45) is -0.933. The van der Waals surface area contributed by atoms with E-state index in [-0.39, 0.29) is 17.0 Å². The average Bonchev–Trinajstić information content (AvgIpc) is 3.59. The first-order valence-electron chi connectivity index (χ1n) is 14.4. The number of benzene rings is 1. The van der Waals surface area contributed by atoms with E-state index in [2.05, 4.69) is 54.6 Å². The van der Waals surface area contributed by atoms with Gasteiger partial charge < -0.3 is 29.9 Å². The van der Waals surface area contributed by atoms with Crippen LogP contribution in [0.25, 0.3) is 10.4 Å². The van der Waals surface area contributed by atoms with Crippen LogP contribution in [0, 0.1) is 12.3 Å². The highest BCUT2D eigenvalue weighted by Gasteiger charge is 2.50. The quantitative estimate of drug-likeness (QED) is 0.331. The van der Waals surface area contributed by atoms with Gasteiger partial charge in [-0.2, -0.15) is 0 Å². The number of nitrogens with zero attached hydrogens (tertiary/aromatic N) is 3. The molecule has 4 rings (SSSR count). The zero-order chi connectivity index (χ0) is 31.3. The molecule has 2 unspecified atom stereocenters. The highest BCUT2D eigenvalue weighted by molar-refractivity contribution is 7.13. The number of carboxylic acid groups (broad SMARTS) is 1. The number of aromatic nitrogens is 1. The number of hydrogen-bond acceptors (Lipinski definition) is 8. The van der Waals surface area contributed by atoms with Gasteiger partial charge in [0, 0.05) is 25.5 Å². The number of amidine groups is 1. The first-order chi connectivity index (χ1) is 19.3. The molecule has 10 nitrogen and oxygen atoms in total. The van der Waals surface area contributed by atoms with Crippen molar-refractivity contribution in [3.63, 3.8) is 0 Å². The molecule has 4 atom stereocenters. The lowest BCUT2D eigenvalue weighted by Crippen LogP contribution is -2.58. The molecule has 1 saturated heterocycles. The van der Waals surface area contributed by atoms with Gasteiger partial charge in [-0.3, -0.25) is 4.79 Å². The molecule has 2 aromatic rings. The van der Waals surface area contributed by atoms with Crippen molar-refractivity contribution in [3.8, 4) is 10.4 Å². The number of carbonyl (C=O) groups excluding carboxylic acids is 1. The van der Waals surface area contributed by atoms with Gasteiger partial charge in [0.1, 0.15) is 6.04 Å². The van der Waals surface area contributed by atoms with E-state index in [1.54, 1.807) is 16.2 Å². The molecule has 230 valence electrons. The maximum absolute atomic E-state index is 14.0. The van der Waals surface area contributed by atoms with E-state index >= 15 is 0 Å². The van der Waals surface area contributed by atoms with Gasteiger partial charge in [-0.05, 0) is 36.0 Å². The molecule has 0 bridgehead atoms. The monoisotopic (exact) mass is 615 g/mol. The van der Waals surface area contributed by atoms with Gasteiger partial charge >= 0.3 is 6.09 Å². The van der Waals surface area contributed by atoms with Gasteiger partial charge in [0.15, 0.2) is 14.2 Å². The van der Waals surface area contributed by atoms with E-state index in [1.165, 1.54) is 0 Å². The summed E-state index contributed by atoms with van der Waals surface area (Å²) in [6.45, 7) is 20.7. The lowest BCUT2D eigenvalue weighted by Gasteiger charge is -2.38.